The van der Waals surface area contributed by atoms with E-state index in [1.165, 1.54) is 16.8 Å². The highest BCUT2D eigenvalue weighted by Crippen LogP contribution is 2.36. The van der Waals surface area contributed by atoms with Gasteiger partial charge in [-0.05, 0) is 85.6 Å². The molecule has 3 heterocycles. The molecule has 0 aromatic heterocycles. The maximum atomic E-state index is 13.3. The average Bonchev–Trinajstić information content (AvgIpc) is 2.77. The Morgan fingerprint density at radius 3 is 1.90 bits per heavy atom. The van der Waals surface area contributed by atoms with Gasteiger partial charge in [0.25, 0.3) is 11.8 Å². The van der Waals surface area contributed by atoms with Crippen molar-refractivity contribution in [2.45, 2.75) is 65.2 Å². The average molecular weight is 440 g/mol. The molecule has 0 aliphatic carbocycles. The number of benzene rings is 1. The van der Waals surface area contributed by atoms with Gasteiger partial charge in [-0.25, -0.2) is 0 Å². The first-order chi connectivity index (χ1) is 15.0. The summed E-state index contributed by atoms with van der Waals surface area (Å²) in [6, 6.07) is 4.37. The fraction of sp³-hybridized carbons (Fsp3) is 0.560. The highest BCUT2D eigenvalue weighted by atomic mass is 32.1. The topological polar surface area (TPSA) is 43.9 Å². The first kappa shape index (κ1) is 22.0. The van der Waals surface area contributed by atoms with Crippen molar-refractivity contribution in [3.05, 3.63) is 34.4 Å². The molecule has 1 fully saturated rings. The Morgan fingerprint density at radius 2 is 1.42 bits per heavy atom. The summed E-state index contributed by atoms with van der Waals surface area (Å²) in [6.07, 6.45) is 9.94. The number of thiocarbonyl (C=S) groups is 1. The summed E-state index contributed by atoms with van der Waals surface area (Å²) in [5.41, 5.74) is 5.32. The molecular weight excluding hydrogens is 406 g/mol. The first-order valence-electron chi connectivity index (χ1n) is 11.8. The van der Waals surface area contributed by atoms with Crippen molar-refractivity contribution in [2.75, 3.05) is 31.1 Å². The summed E-state index contributed by atoms with van der Waals surface area (Å²) in [7, 11) is 0. The SMILES string of the molecule is CCCCN1C(=O)C(=Cc2cc3c4c(c2)CCCN4CCC3)C(=O)N(CCCC)C1=S. The number of unbranched alkanes of at least 4 members (excludes halogenated alkanes) is 2. The third-order valence-electron chi connectivity index (χ3n) is 6.55. The molecule has 3 aliphatic rings. The highest BCUT2D eigenvalue weighted by molar-refractivity contribution is 7.80. The Balaban J connectivity index is 1.71. The fourth-order valence-electron chi connectivity index (χ4n) is 4.93. The van der Waals surface area contributed by atoms with E-state index in [1.807, 2.05) is 6.08 Å². The molecule has 166 valence electrons. The van der Waals surface area contributed by atoms with Crippen molar-refractivity contribution in [3.63, 3.8) is 0 Å². The van der Waals surface area contributed by atoms with E-state index in [4.69, 9.17) is 12.2 Å². The van der Waals surface area contributed by atoms with Gasteiger partial charge in [0.1, 0.15) is 5.57 Å². The quantitative estimate of drug-likeness (QED) is 0.360. The molecule has 6 heteroatoms. The predicted octanol–water partition coefficient (Wildman–Crippen LogP) is 4.32. The van der Waals surface area contributed by atoms with Gasteiger partial charge in [-0.3, -0.25) is 19.4 Å². The number of carbonyl (C=O) groups is 2. The number of aryl methyl sites for hydroxylation is 2. The number of nitrogens with zero attached hydrogens (tertiary/aromatic N) is 3. The van der Waals surface area contributed by atoms with E-state index in [-0.39, 0.29) is 17.4 Å². The van der Waals surface area contributed by atoms with Crippen LogP contribution < -0.4 is 4.90 Å². The molecule has 1 saturated heterocycles. The molecule has 2 amide bonds. The van der Waals surface area contributed by atoms with Crippen molar-refractivity contribution in [1.29, 1.82) is 0 Å². The van der Waals surface area contributed by atoms with Gasteiger partial charge in [-0.1, -0.05) is 26.7 Å². The van der Waals surface area contributed by atoms with Gasteiger partial charge in [-0.2, -0.15) is 0 Å². The monoisotopic (exact) mass is 439 g/mol. The lowest BCUT2D eigenvalue weighted by atomic mass is 9.89. The summed E-state index contributed by atoms with van der Waals surface area (Å²) in [4.78, 5) is 32.4. The zero-order valence-electron chi connectivity index (χ0n) is 18.8. The summed E-state index contributed by atoms with van der Waals surface area (Å²) in [5, 5.41) is 0.366. The Bertz CT molecular complexity index is 860. The van der Waals surface area contributed by atoms with E-state index in [9.17, 15) is 9.59 Å². The largest absolute Gasteiger partial charge is 0.371 e. The minimum atomic E-state index is -0.246. The molecule has 0 N–H and O–H groups in total. The molecular formula is C25H33N3O2S. The van der Waals surface area contributed by atoms with Crippen molar-refractivity contribution in [1.82, 2.24) is 9.80 Å². The van der Waals surface area contributed by atoms with E-state index in [0.717, 1.165) is 70.0 Å². The van der Waals surface area contributed by atoms with Gasteiger partial charge in [0.15, 0.2) is 5.11 Å². The van der Waals surface area contributed by atoms with Crippen LogP contribution in [0.3, 0.4) is 0 Å². The van der Waals surface area contributed by atoms with E-state index in [0.29, 0.717) is 18.2 Å². The second-order valence-corrected chi connectivity index (χ2v) is 9.21. The smallest absolute Gasteiger partial charge is 0.265 e. The van der Waals surface area contributed by atoms with Crippen LogP contribution in [0.15, 0.2) is 17.7 Å². The van der Waals surface area contributed by atoms with Crippen LogP contribution in [0.2, 0.25) is 0 Å². The number of rotatable bonds is 7. The van der Waals surface area contributed by atoms with Gasteiger partial charge in [0, 0.05) is 31.9 Å². The van der Waals surface area contributed by atoms with E-state index >= 15 is 0 Å². The molecule has 31 heavy (non-hydrogen) atoms. The molecule has 0 spiro atoms. The van der Waals surface area contributed by atoms with Crippen molar-refractivity contribution < 1.29 is 9.59 Å². The number of hydrogen-bond donors (Lipinski definition) is 0. The lowest BCUT2D eigenvalue weighted by Crippen LogP contribution is -2.56. The predicted molar refractivity (Wildman–Crippen MR) is 129 cm³/mol. The maximum Gasteiger partial charge on any atom is 0.265 e. The summed E-state index contributed by atoms with van der Waals surface area (Å²) >= 11 is 5.56. The molecule has 4 rings (SSSR count). The first-order valence-corrected chi connectivity index (χ1v) is 12.3. The Kier molecular flexibility index (Phi) is 6.75. The van der Waals surface area contributed by atoms with Crippen LogP contribution in [0, 0.1) is 0 Å². The molecule has 0 saturated carbocycles. The van der Waals surface area contributed by atoms with E-state index in [2.05, 4.69) is 30.9 Å². The molecule has 1 aromatic rings. The second kappa shape index (κ2) is 9.51. The lowest BCUT2D eigenvalue weighted by Gasteiger charge is -2.37. The van der Waals surface area contributed by atoms with Crippen LogP contribution in [0.25, 0.3) is 6.08 Å². The Hall–Kier alpha value is -2.21. The molecule has 0 radical (unpaired) electrons. The minimum Gasteiger partial charge on any atom is -0.371 e. The highest BCUT2D eigenvalue weighted by Gasteiger charge is 2.38. The van der Waals surface area contributed by atoms with E-state index < -0.39 is 0 Å². The molecule has 0 unspecified atom stereocenters. The van der Waals surface area contributed by atoms with Crippen LogP contribution in [0.4, 0.5) is 5.69 Å². The summed E-state index contributed by atoms with van der Waals surface area (Å²) in [5.74, 6) is -0.492. The Labute approximate surface area is 191 Å². The molecule has 3 aliphatic heterocycles. The number of anilines is 1. The standard InChI is InChI=1S/C25H33N3O2S/c1-3-5-13-27-23(29)21(24(30)28(25(27)31)14-6-4-2)17-18-15-19-9-7-11-26-12-8-10-20(16-18)22(19)26/h15-17H,3-14H2,1-2H3. The summed E-state index contributed by atoms with van der Waals surface area (Å²) < 4.78 is 0. The van der Waals surface area contributed by atoms with Gasteiger partial charge >= 0.3 is 0 Å². The minimum absolute atomic E-state index is 0.246. The van der Waals surface area contributed by atoms with Gasteiger partial charge in [0.05, 0.1) is 0 Å². The molecule has 5 nitrogen and oxygen atoms in total. The second-order valence-electron chi connectivity index (χ2n) is 8.84. The van der Waals surface area contributed by atoms with Gasteiger partial charge in [-0.15, -0.1) is 0 Å². The lowest BCUT2D eigenvalue weighted by molar-refractivity contribution is -0.133. The fourth-order valence-corrected chi connectivity index (χ4v) is 5.28. The third-order valence-corrected chi connectivity index (χ3v) is 6.99. The maximum absolute atomic E-state index is 13.3. The molecule has 0 atom stereocenters. The number of hydrogen-bond acceptors (Lipinski definition) is 4. The van der Waals surface area contributed by atoms with Crippen LogP contribution in [-0.2, 0) is 22.4 Å². The molecule has 1 aromatic carbocycles. The van der Waals surface area contributed by atoms with Crippen LogP contribution in [-0.4, -0.2) is 52.9 Å². The zero-order chi connectivity index (χ0) is 22.0. The van der Waals surface area contributed by atoms with Crippen LogP contribution in [0.5, 0.6) is 0 Å². The van der Waals surface area contributed by atoms with Crippen molar-refractivity contribution in [2.24, 2.45) is 0 Å². The Morgan fingerprint density at radius 1 is 0.903 bits per heavy atom. The van der Waals surface area contributed by atoms with Crippen LogP contribution in [0.1, 0.15) is 69.1 Å². The normalized spacial score (nSPS) is 18.6. The zero-order valence-corrected chi connectivity index (χ0v) is 19.6. The van der Waals surface area contributed by atoms with Crippen molar-refractivity contribution >= 4 is 40.9 Å². The van der Waals surface area contributed by atoms with Gasteiger partial charge < -0.3 is 4.90 Å². The van der Waals surface area contributed by atoms with E-state index in [1.54, 1.807) is 9.80 Å². The number of amides is 2. The van der Waals surface area contributed by atoms with Crippen molar-refractivity contribution in [3.8, 4) is 0 Å². The van der Waals surface area contributed by atoms with Gasteiger partial charge in [0.2, 0.25) is 0 Å². The third kappa shape index (κ3) is 4.27. The van der Waals surface area contributed by atoms with Crippen LogP contribution >= 0.6 is 12.2 Å². The summed E-state index contributed by atoms with van der Waals surface area (Å²) in [6.45, 7) is 7.57. The molecule has 0 bridgehead atoms. The number of carbonyl (C=O) groups excluding carboxylic acids is 2.